The Balaban J connectivity index is 1.54. The van der Waals surface area contributed by atoms with E-state index in [1.54, 1.807) is 36.3 Å². The number of hydrogen-bond acceptors (Lipinski definition) is 5. The Kier molecular flexibility index (Phi) is 10.5. The molecule has 1 atom stereocenters. The first kappa shape index (κ1) is 30.3. The molecular formula is C32H39N3O5S. The van der Waals surface area contributed by atoms with Crippen LogP contribution in [0.25, 0.3) is 0 Å². The molecule has 0 heterocycles. The third-order valence-electron chi connectivity index (χ3n) is 7.09. The van der Waals surface area contributed by atoms with Crippen molar-refractivity contribution in [3.05, 3.63) is 95.6 Å². The number of benzene rings is 3. The number of nitrogens with one attached hydrogen (secondary N) is 2. The van der Waals surface area contributed by atoms with Crippen molar-refractivity contribution in [3.8, 4) is 5.75 Å². The summed E-state index contributed by atoms with van der Waals surface area (Å²) in [6.07, 6.45) is 3.51. The van der Waals surface area contributed by atoms with Crippen LogP contribution in [-0.4, -0.2) is 50.9 Å². The van der Waals surface area contributed by atoms with Gasteiger partial charge in [0.15, 0.2) is 0 Å². The second kappa shape index (κ2) is 14.3. The van der Waals surface area contributed by atoms with Gasteiger partial charge in [-0.1, -0.05) is 61.5 Å². The molecule has 0 saturated heterocycles. The summed E-state index contributed by atoms with van der Waals surface area (Å²) >= 11 is 0. The number of nitrogens with zero attached hydrogens (tertiary/aromatic N) is 1. The molecule has 3 aromatic rings. The molecule has 1 saturated carbocycles. The van der Waals surface area contributed by atoms with Crippen LogP contribution in [-0.2, 0) is 39.0 Å². The van der Waals surface area contributed by atoms with Crippen molar-refractivity contribution in [2.24, 2.45) is 0 Å². The van der Waals surface area contributed by atoms with E-state index in [1.807, 2.05) is 61.5 Å². The zero-order valence-electron chi connectivity index (χ0n) is 23.7. The lowest BCUT2D eigenvalue weighted by Gasteiger charge is -2.31. The van der Waals surface area contributed by atoms with E-state index in [4.69, 9.17) is 4.74 Å². The molecule has 0 spiro atoms. The zero-order valence-corrected chi connectivity index (χ0v) is 24.5. The van der Waals surface area contributed by atoms with Crippen molar-refractivity contribution in [2.75, 3.05) is 13.7 Å². The summed E-state index contributed by atoms with van der Waals surface area (Å²) in [5, 5.41) is 2.99. The van der Waals surface area contributed by atoms with E-state index in [-0.39, 0.29) is 35.7 Å². The van der Waals surface area contributed by atoms with Crippen LogP contribution in [0.15, 0.2) is 83.8 Å². The van der Waals surface area contributed by atoms with Crippen molar-refractivity contribution >= 4 is 21.8 Å². The lowest BCUT2D eigenvalue weighted by molar-refractivity contribution is -0.141. The van der Waals surface area contributed by atoms with Gasteiger partial charge in [0, 0.05) is 32.0 Å². The SMILES string of the molecule is CCCNC(=O)[C@H](Cc1ccccc1)N(Cc1ccc(OC)cc1)C(=O)CCc1ccc(S(=O)(=O)NC2CC2)cc1. The third-order valence-corrected chi connectivity index (χ3v) is 8.63. The average molecular weight is 578 g/mol. The largest absolute Gasteiger partial charge is 0.497 e. The van der Waals surface area contributed by atoms with E-state index in [0.717, 1.165) is 36.0 Å². The van der Waals surface area contributed by atoms with Crippen LogP contribution >= 0.6 is 0 Å². The van der Waals surface area contributed by atoms with Crippen LogP contribution in [0.3, 0.4) is 0 Å². The Morgan fingerprint density at radius 1 is 0.927 bits per heavy atom. The maximum absolute atomic E-state index is 13.8. The molecule has 0 aliphatic heterocycles. The van der Waals surface area contributed by atoms with E-state index < -0.39 is 16.1 Å². The summed E-state index contributed by atoms with van der Waals surface area (Å²) in [5.41, 5.74) is 2.70. The predicted molar refractivity (Wildman–Crippen MR) is 159 cm³/mol. The highest BCUT2D eigenvalue weighted by atomic mass is 32.2. The standard InChI is InChI=1S/C32H39N3O5S/c1-3-21-33-32(37)30(22-25-7-5-4-6-8-25)35(23-26-9-16-28(40-2)17-10-26)31(36)20-13-24-11-18-29(19-12-24)41(38,39)34-27-14-15-27/h4-12,16-19,27,30,34H,3,13-15,20-23H2,1-2H3,(H,33,37)/t30-/m0/s1. The molecule has 218 valence electrons. The van der Waals surface area contributed by atoms with Crippen LogP contribution < -0.4 is 14.8 Å². The van der Waals surface area contributed by atoms with Gasteiger partial charge in [0.2, 0.25) is 21.8 Å². The quantitative estimate of drug-likeness (QED) is 0.281. The summed E-state index contributed by atoms with van der Waals surface area (Å²) < 4.78 is 33.0. The first-order chi connectivity index (χ1) is 19.8. The molecule has 0 unspecified atom stereocenters. The number of hydrogen-bond donors (Lipinski definition) is 2. The third kappa shape index (κ3) is 8.90. The fraction of sp³-hybridized carbons (Fsp3) is 0.375. The average Bonchev–Trinajstić information content (AvgIpc) is 3.80. The maximum atomic E-state index is 13.8. The molecule has 1 aliphatic carbocycles. The number of ether oxygens (including phenoxy) is 1. The van der Waals surface area contributed by atoms with E-state index in [1.165, 1.54) is 0 Å². The van der Waals surface area contributed by atoms with E-state index in [2.05, 4.69) is 10.0 Å². The van der Waals surface area contributed by atoms with Crippen molar-refractivity contribution in [1.82, 2.24) is 14.9 Å². The monoisotopic (exact) mass is 577 g/mol. The van der Waals surface area contributed by atoms with Crippen LogP contribution in [0.4, 0.5) is 0 Å². The molecule has 41 heavy (non-hydrogen) atoms. The minimum absolute atomic E-state index is 0.0346. The first-order valence-electron chi connectivity index (χ1n) is 14.1. The summed E-state index contributed by atoms with van der Waals surface area (Å²) in [6, 6.07) is 23.2. The molecule has 4 rings (SSSR count). The fourth-order valence-corrected chi connectivity index (χ4v) is 5.87. The van der Waals surface area contributed by atoms with Gasteiger partial charge in [-0.05, 0) is 66.6 Å². The second-order valence-electron chi connectivity index (χ2n) is 10.4. The first-order valence-corrected chi connectivity index (χ1v) is 15.6. The lowest BCUT2D eigenvalue weighted by atomic mass is 10.0. The van der Waals surface area contributed by atoms with E-state index in [0.29, 0.717) is 25.1 Å². The number of carbonyl (C=O) groups excluding carboxylic acids is 2. The topological polar surface area (TPSA) is 105 Å². The highest BCUT2D eigenvalue weighted by molar-refractivity contribution is 7.89. The molecule has 0 aromatic heterocycles. The molecule has 3 aromatic carbocycles. The fourth-order valence-electron chi connectivity index (χ4n) is 4.57. The molecular weight excluding hydrogens is 538 g/mol. The Morgan fingerprint density at radius 3 is 2.20 bits per heavy atom. The Hall–Kier alpha value is -3.69. The van der Waals surface area contributed by atoms with Crippen LogP contribution in [0.1, 0.15) is 49.3 Å². The summed E-state index contributed by atoms with van der Waals surface area (Å²) in [5.74, 6) is 0.377. The molecule has 0 radical (unpaired) electrons. The highest BCUT2D eigenvalue weighted by Gasteiger charge is 2.30. The highest BCUT2D eigenvalue weighted by Crippen LogP contribution is 2.23. The Morgan fingerprint density at radius 2 is 1.59 bits per heavy atom. The lowest BCUT2D eigenvalue weighted by Crippen LogP contribution is -2.50. The zero-order chi connectivity index (χ0) is 29.2. The number of aryl methyl sites for hydroxylation is 1. The molecule has 1 fully saturated rings. The van der Waals surface area contributed by atoms with Crippen molar-refractivity contribution < 1.29 is 22.7 Å². The molecule has 0 bridgehead atoms. The molecule has 9 heteroatoms. The van der Waals surface area contributed by atoms with Gasteiger partial charge in [-0.2, -0.15) is 0 Å². The minimum Gasteiger partial charge on any atom is -0.497 e. The molecule has 1 aliphatic rings. The number of carbonyl (C=O) groups is 2. The number of amides is 2. The van der Waals surface area contributed by atoms with Gasteiger partial charge in [-0.3, -0.25) is 9.59 Å². The molecule has 8 nitrogen and oxygen atoms in total. The van der Waals surface area contributed by atoms with E-state index >= 15 is 0 Å². The summed E-state index contributed by atoms with van der Waals surface area (Å²) in [6.45, 7) is 2.79. The smallest absolute Gasteiger partial charge is 0.243 e. The van der Waals surface area contributed by atoms with Gasteiger partial charge in [0.25, 0.3) is 0 Å². The van der Waals surface area contributed by atoms with Crippen LogP contribution in [0.5, 0.6) is 5.75 Å². The Bertz CT molecular complexity index is 1390. The predicted octanol–water partition coefficient (Wildman–Crippen LogP) is 4.23. The van der Waals surface area contributed by atoms with Gasteiger partial charge < -0.3 is 15.0 Å². The minimum atomic E-state index is -3.54. The number of rotatable bonds is 15. The summed E-state index contributed by atoms with van der Waals surface area (Å²) in [4.78, 5) is 29.1. The molecule has 2 amide bonds. The normalized spacial score (nSPS) is 13.8. The Labute approximate surface area is 243 Å². The van der Waals surface area contributed by atoms with Crippen molar-refractivity contribution in [1.29, 1.82) is 0 Å². The van der Waals surface area contributed by atoms with Crippen molar-refractivity contribution in [3.63, 3.8) is 0 Å². The van der Waals surface area contributed by atoms with Gasteiger partial charge in [-0.15, -0.1) is 0 Å². The summed E-state index contributed by atoms with van der Waals surface area (Å²) in [7, 11) is -1.93. The van der Waals surface area contributed by atoms with Crippen LogP contribution in [0.2, 0.25) is 0 Å². The maximum Gasteiger partial charge on any atom is 0.243 e. The number of methoxy groups -OCH3 is 1. The van der Waals surface area contributed by atoms with Crippen molar-refractivity contribution in [2.45, 2.75) is 69.0 Å². The second-order valence-corrected chi connectivity index (χ2v) is 12.1. The van der Waals surface area contributed by atoms with E-state index in [9.17, 15) is 18.0 Å². The number of sulfonamides is 1. The van der Waals surface area contributed by atoms with Crippen LogP contribution in [0, 0.1) is 0 Å². The van der Waals surface area contributed by atoms with Gasteiger partial charge >= 0.3 is 0 Å². The van der Waals surface area contributed by atoms with Gasteiger partial charge in [0.05, 0.1) is 12.0 Å². The van der Waals surface area contributed by atoms with Gasteiger partial charge in [-0.25, -0.2) is 13.1 Å². The molecule has 2 N–H and O–H groups in total. The van der Waals surface area contributed by atoms with Gasteiger partial charge in [0.1, 0.15) is 11.8 Å².